The summed E-state index contributed by atoms with van der Waals surface area (Å²) in [5.41, 5.74) is 0.254. The van der Waals surface area contributed by atoms with Gasteiger partial charge in [-0.15, -0.1) is 0 Å². The Morgan fingerprint density at radius 3 is 2.07 bits per heavy atom. The van der Waals surface area contributed by atoms with E-state index in [1.807, 2.05) is 6.07 Å². The van der Waals surface area contributed by atoms with Gasteiger partial charge in [-0.3, -0.25) is 4.55 Å². The van der Waals surface area contributed by atoms with Crippen LogP contribution in [0.3, 0.4) is 0 Å². The Morgan fingerprint density at radius 2 is 1.48 bits per heavy atom. The number of para-hydroxylation sites is 1. The fourth-order valence-corrected chi connectivity index (χ4v) is 4.09. The van der Waals surface area contributed by atoms with Crippen LogP contribution in [0.4, 0.5) is 0 Å². The standard InChI is InChI=1S/C22H30O5S.K/c1-2-3-4-5-6-7-8-12-15-19-21(27-18-13-10-9-11-14-18)17-16-20(23)22(19)28(24,25)26;/h9-11,13-14,16-17,23H,2-8,12,15H2,1H3,(H,24,25,26);/q;+1/p-1. The molecule has 0 fully saturated rings. The summed E-state index contributed by atoms with van der Waals surface area (Å²) in [4.78, 5) is -0.566. The molecule has 0 atom stereocenters. The molecular weight excluding hydrogens is 415 g/mol. The topological polar surface area (TPSA) is 86.7 Å². The van der Waals surface area contributed by atoms with E-state index in [4.69, 9.17) is 4.74 Å². The van der Waals surface area contributed by atoms with Crippen LogP contribution in [0.5, 0.6) is 17.2 Å². The third-order valence-corrected chi connectivity index (χ3v) is 5.65. The van der Waals surface area contributed by atoms with Crippen LogP contribution in [-0.4, -0.2) is 13.0 Å². The second-order valence-electron chi connectivity index (χ2n) is 6.98. The average Bonchev–Trinajstić information content (AvgIpc) is 2.65. The maximum atomic E-state index is 12.1. The van der Waals surface area contributed by atoms with Crippen molar-refractivity contribution in [1.82, 2.24) is 0 Å². The van der Waals surface area contributed by atoms with Gasteiger partial charge in [-0.25, -0.2) is 0 Å². The van der Waals surface area contributed by atoms with Crippen molar-refractivity contribution in [1.29, 1.82) is 0 Å². The zero-order valence-corrected chi connectivity index (χ0v) is 21.3. The predicted octanol–water partition coefficient (Wildman–Crippen LogP) is 2.49. The second kappa shape index (κ2) is 13.8. The molecule has 1 N–H and O–H groups in total. The molecule has 0 bridgehead atoms. The summed E-state index contributed by atoms with van der Waals surface area (Å²) in [5.74, 6) is 0.124. The van der Waals surface area contributed by atoms with Gasteiger partial charge in [0.2, 0.25) is 0 Å². The van der Waals surface area contributed by atoms with E-state index in [1.165, 1.54) is 31.7 Å². The van der Waals surface area contributed by atoms with E-state index in [-0.39, 0.29) is 56.9 Å². The summed E-state index contributed by atoms with van der Waals surface area (Å²) in [7, 11) is -4.63. The van der Waals surface area contributed by atoms with Crippen LogP contribution in [0, 0.1) is 0 Å². The van der Waals surface area contributed by atoms with Crippen LogP contribution in [0.1, 0.15) is 63.9 Å². The van der Waals surface area contributed by atoms with Gasteiger partial charge in [0.25, 0.3) is 10.1 Å². The summed E-state index contributed by atoms with van der Waals surface area (Å²) < 4.78 is 39.0. The molecule has 2 aromatic rings. The number of rotatable bonds is 12. The molecule has 0 aliphatic rings. The maximum Gasteiger partial charge on any atom is 1.00 e. The largest absolute Gasteiger partial charge is 1.00 e. The van der Waals surface area contributed by atoms with Crippen LogP contribution in [0.25, 0.3) is 0 Å². The van der Waals surface area contributed by atoms with Crippen LogP contribution in [0.15, 0.2) is 47.4 Å². The quantitative estimate of drug-likeness (QED) is 0.309. The molecule has 0 aliphatic heterocycles. The first-order valence-corrected chi connectivity index (χ1v) is 11.4. The summed E-state index contributed by atoms with van der Waals surface area (Å²) in [6.45, 7) is 2.19. The molecule has 0 saturated carbocycles. The molecule has 0 aliphatic carbocycles. The minimum absolute atomic E-state index is 0. The van der Waals surface area contributed by atoms with Crippen molar-refractivity contribution in [3.63, 3.8) is 0 Å². The van der Waals surface area contributed by atoms with Crippen molar-refractivity contribution in [3.8, 4) is 17.2 Å². The number of hydrogen-bond donors (Lipinski definition) is 1. The fraction of sp³-hybridized carbons (Fsp3) is 0.455. The van der Waals surface area contributed by atoms with E-state index in [2.05, 4.69) is 6.92 Å². The molecule has 7 heteroatoms. The average molecular weight is 445 g/mol. The van der Waals surface area contributed by atoms with Gasteiger partial charge in [0.05, 0.1) is 4.90 Å². The SMILES string of the molecule is CCCCCCCCCCc1c(Oc2ccccc2)ccc([O-])c1S(=O)(=O)O.[K+]. The molecule has 0 radical (unpaired) electrons. The van der Waals surface area contributed by atoms with E-state index >= 15 is 0 Å². The molecule has 0 unspecified atom stereocenters. The molecule has 154 valence electrons. The minimum atomic E-state index is -4.63. The Hall–Kier alpha value is -0.414. The molecule has 5 nitrogen and oxygen atoms in total. The van der Waals surface area contributed by atoms with Crippen molar-refractivity contribution in [2.45, 2.75) is 69.6 Å². The number of unbranched alkanes of at least 4 members (excludes halogenated alkanes) is 7. The molecular formula is C22H29KO5S. The molecule has 0 spiro atoms. The van der Waals surface area contributed by atoms with E-state index in [0.717, 1.165) is 31.7 Å². The van der Waals surface area contributed by atoms with Crippen molar-refractivity contribution < 1.29 is 74.2 Å². The number of benzene rings is 2. The van der Waals surface area contributed by atoms with E-state index in [0.29, 0.717) is 17.9 Å². The minimum Gasteiger partial charge on any atom is -0.872 e. The Morgan fingerprint density at radius 1 is 0.897 bits per heavy atom. The van der Waals surface area contributed by atoms with Gasteiger partial charge in [0.1, 0.15) is 11.5 Å². The maximum absolute atomic E-state index is 12.1. The molecule has 0 aromatic heterocycles. The molecule has 29 heavy (non-hydrogen) atoms. The fourth-order valence-electron chi connectivity index (χ4n) is 3.25. The van der Waals surface area contributed by atoms with Gasteiger partial charge < -0.3 is 9.84 Å². The first kappa shape index (κ1) is 26.6. The van der Waals surface area contributed by atoms with Crippen molar-refractivity contribution in [2.75, 3.05) is 0 Å². The van der Waals surface area contributed by atoms with Crippen LogP contribution < -0.4 is 61.2 Å². The molecule has 2 aromatic carbocycles. The van der Waals surface area contributed by atoms with Crippen LogP contribution in [-0.2, 0) is 16.5 Å². The van der Waals surface area contributed by atoms with Crippen molar-refractivity contribution in [2.24, 2.45) is 0 Å². The summed E-state index contributed by atoms with van der Waals surface area (Å²) in [6.07, 6.45) is 9.18. The third-order valence-electron chi connectivity index (χ3n) is 4.69. The molecule has 2 rings (SSSR count). The Bertz CT molecular complexity index is 838. The zero-order chi connectivity index (χ0) is 20.4. The Kier molecular flexibility index (Phi) is 12.7. The first-order chi connectivity index (χ1) is 13.4. The first-order valence-electron chi connectivity index (χ1n) is 9.96. The summed E-state index contributed by atoms with van der Waals surface area (Å²) >= 11 is 0. The van der Waals surface area contributed by atoms with Crippen LogP contribution >= 0.6 is 0 Å². The number of hydrogen-bond acceptors (Lipinski definition) is 4. The van der Waals surface area contributed by atoms with Gasteiger partial charge in [0.15, 0.2) is 0 Å². The van der Waals surface area contributed by atoms with Crippen molar-refractivity contribution in [3.05, 3.63) is 48.0 Å². The van der Waals surface area contributed by atoms with E-state index in [1.54, 1.807) is 24.3 Å². The van der Waals surface area contributed by atoms with Crippen molar-refractivity contribution >= 4 is 10.1 Å². The van der Waals surface area contributed by atoms with Gasteiger partial charge in [-0.2, -0.15) is 8.42 Å². The molecule has 0 amide bonds. The third kappa shape index (κ3) is 9.08. The van der Waals surface area contributed by atoms with Gasteiger partial charge in [-0.1, -0.05) is 81.9 Å². The van der Waals surface area contributed by atoms with Gasteiger partial charge in [-0.05, 0) is 31.0 Å². The smallest absolute Gasteiger partial charge is 0.872 e. The van der Waals surface area contributed by atoms with E-state index in [9.17, 15) is 18.1 Å². The monoisotopic (exact) mass is 444 g/mol. The van der Waals surface area contributed by atoms with Crippen LogP contribution in [0.2, 0.25) is 0 Å². The molecule has 0 heterocycles. The van der Waals surface area contributed by atoms with E-state index < -0.39 is 20.8 Å². The molecule has 0 saturated heterocycles. The zero-order valence-electron chi connectivity index (χ0n) is 17.4. The van der Waals surface area contributed by atoms with Gasteiger partial charge in [0, 0.05) is 5.56 Å². The number of ether oxygens (including phenoxy) is 1. The second-order valence-corrected chi connectivity index (χ2v) is 8.34. The summed E-state index contributed by atoms with van der Waals surface area (Å²) in [5, 5.41) is 12.1. The Balaban J connectivity index is 0.00000420. The Labute approximate surface area is 217 Å². The normalized spacial score (nSPS) is 11.1. The van der Waals surface area contributed by atoms with Gasteiger partial charge >= 0.3 is 51.4 Å². The predicted molar refractivity (Wildman–Crippen MR) is 109 cm³/mol. The summed E-state index contributed by atoms with van der Waals surface area (Å²) in [6, 6.07) is 11.6.